The van der Waals surface area contributed by atoms with Gasteiger partial charge in [-0.2, -0.15) is 5.10 Å². The van der Waals surface area contributed by atoms with Crippen LogP contribution in [0.15, 0.2) is 91.1 Å². The number of aromatic nitrogens is 3. The van der Waals surface area contributed by atoms with Gasteiger partial charge in [0.05, 0.1) is 29.7 Å². The van der Waals surface area contributed by atoms with Crippen molar-refractivity contribution in [2.24, 2.45) is 0 Å². The number of amides is 2. The van der Waals surface area contributed by atoms with E-state index in [4.69, 9.17) is 5.10 Å². The van der Waals surface area contributed by atoms with Crippen molar-refractivity contribution in [1.82, 2.24) is 19.2 Å². The second-order valence-electron chi connectivity index (χ2n) is 10.2. The molecule has 1 aliphatic heterocycles. The maximum atomic E-state index is 14.1. The third kappa shape index (κ3) is 4.18. The van der Waals surface area contributed by atoms with Crippen molar-refractivity contribution in [3.05, 3.63) is 130 Å². The van der Waals surface area contributed by atoms with Crippen molar-refractivity contribution in [3.63, 3.8) is 0 Å². The monoisotopic (exact) mass is 501 g/mol. The summed E-state index contributed by atoms with van der Waals surface area (Å²) >= 11 is 0. The van der Waals surface area contributed by atoms with Gasteiger partial charge in [0.25, 0.3) is 0 Å². The Balaban J connectivity index is 1.54. The number of urea groups is 1. The third-order valence-electron chi connectivity index (χ3n) is 7.18. The van der Waals surface area contributed by atoms with E-state index in [1.54, 1.807) is 0 Å². The fourth-order valence-corrected chi connectivity index (χ4v) is 5.58. The van der Waals surface area contributed by atoms with Crippen molar-refractivity contribution in [2.45, 2.75) is 40.3 Å². The molecule has 190 valence electrons. The maximum absolute atomic E-state index is 14.1. The van der Waals surface area contributed by atoms with Gasteiger partial charge in [-0.25, -0.2) is 9.48 Å². The second kappa shape index (κ2) is 9.38. The van der Waals surface area contributed by atoms with Gasteiger partial charge in [-0.1, -0.05) is 54.1 Å². The maximum Gasteiger partial charge on any atom is 0.322 e. The minimum atomic E-state index is -0.285. The van der Waals surface area contributed by atoms with Crippen LogP contribution in [0, 0.1) is 27.7 Å². The molecule has 0 radical (unpaired) electrons. The highest BCUT2D eigenvalue weighted by atomic mass is 16.2. The van der Waals surface area contributed by atoms with Gasteiger partial charge < -0.3 is 14.8 Å². The quantitative estimate of drug-likeness (QED) is 0.288. The summed E-state index contributed by atoms with van der Waals surface area (Å²) < 4.78 is 4.19. The highest BCUT2D eigenvalue weighted by Crippen LogP contribution is 2.39. The molecular weight excluding hydrogens is 470 g/mol. The number of hydrogen-bond donors (Lipinski definition) is 1. The van der Waals surface area contributed by atoms with E-state index in [9.17, 15) is 4.79 Å². The molecule has 3 heterocycles. The zero-order chi connectivity index (χ0) is 26.4. The molecule has 0 saturated carbocycles. The molecule has 5 aromatic rings. The van der Waals surface area contributed by atoms with Crippen LogP contribution in [-0.4, -0.2) is 25.3 Å². The van der Waals surface area contributed by atoms with Gasteiger partial charge >= 0.3 is 6.03 Å². The van der Waals surface area contributed by atoms with E-state index < -0.39 is 0 Å². The number of hydrogen-bond acceptors (Lipinski definition) is 2. The van der Waals surface area contributed by atoms with Crippen LogP contribution in [0.2, 0.25) is 0 Å². The van der Waals surface area contributed by atoms with E-state index in [2.05, 4.69) is 71.5 Å². The van der Waals surface area contributed by atoms with E-state index in [0.717, 1.165) is 56.4 Å². The topological polar surface area (TPSA) is 55.1 Å². The van der Waals surface area contributed by atoms with Crippen LogP contribution in [0.1, 0.15) is 45.2 Å². The molecule has 0 bridgehead atoms. The number of aryl methyl sites for hydroxylation is 4. The molecule has 0 aliphatic carbocycles. The number of benzene rings is 3. The second-order valence-corrected chi connectivity index (χ2v) is 10.2. The van der Waals surface area contributed by atoms with Crippen LogP contribution in [0.3, 0.4) is 0 Å². The molecule has 0 spiro atoms. The molecule has 1 unspecified atom stereocenters. The number of carbonyl (C=O) groups is 1. The van der Waals surface area contributed by atoms with Gasteiger partial charge in [-0.3, -0.25) is 0 Å². The van der Waals surface area contributed by atoms with Gasteiger partial charge in [-0.05, 0) is 80.8 Å². The van der Waals surface area contributed by atoms with Gasteiger partial charge in [-0.15, -0.1) is 0 Å². The molecule has 0 fully saturated rings. The van der Waals surface area contributed by atoms with Crippen LogP contribution in [0.4, 0.5) is 10.5 Å². The lowest BCUT2D eigenvalue weighted by Crippen LogP contribution is -2.38. The lowest BCUT2D eigenvalue weighted by Gasteiger charge is -2.31. The zero-order valence-electron chi connectivity index (χ0n) is 22.1. The summed E-state index contributed by atoms with van der Waals surface area (Å²) in [6.07, 6.45) is 2.07. The van der Waals surface area contributed by atoms with E-state index in [1.165, 1.54) is 0 Å². The highest BCUT2D eigenvalue weighted by molar-refractivity contribution is 5.90. The number of carbonyl (C=O) groups excluding carboxylic acids is 1. The number of anilines is 1. The van der Waals surface area contributed by atoms with Crippen LogP contribution in [0.25, 0.3) is 11.5 Å². The highest BCUT2D eigenvalue weighted by Gasteiger charge is 2.36. The Hall–Kier alpha value is -4.58. The fourth-order valence-electron chi connectivity index (χ4n) is 5.58. The molecule has 1 N–H and O–H groups in total. The lowest BCUT2D eigenvalue weighted by molar-refractivity contribution is 0.194. The average molecular weight is 502 g/mol. The fraction of sp³-hybridized carbons (Fsp3) is 0.188. The van der Waals surface area contributed by atoms with E-state index in [-0.39, 0.29) is 12.1 Å². The Labute approximate surface area is 223 Å². The molecule has 6 rings (SSSR count). The summed E-state index contributed by atoms with van der Waals surface area (Å²) in [6.45, 7) is 8.62. The SMILES string of the molecule is Cc1cc(C)cc(NC(=O)N2Cc3c(C)nn(-c4ccccc4)c3-n3cccc3C2c2cccc(C)c2)c1. The molecule has 0 saturated heterocycles. The predicted molar refractivity (Wildman–Crippen MR) is 151 cm³/mol. The van der Waals surface area contributed by atoms with Crippen molar-refractivity contribution in [1.29, 1.82) is 0 Å². The number of rotatable bonds is 3. The molecular formula is C32H31N5O. The Bertz CT molecular complexity index is 1630. The van der Waals surface area contributed by atoms with E-state index in [1.807, 2.05) is 66.8 Å². The van der Waals surface area contributed by atoms with Crippen LogP contribution in [-0.2, 0) is 6.54 Å². The molecule has 38 heavy (non-hydrogen) atoms. The number of para-hydroxylation sites is 1. The van der Waals surface area contributed by atoms with Gasteiger partial charge in [0, 0.05) is 17.4 Å². The summed E-state index contributed by atoms with van der Waals surface area (Å²) in [5.41, 5.74) is 9.18. The van der Waals surface area contributed by atoms with Gasteiger partial charge in [0.1, 0.15) is 5.82 Å². The molecule has 2 amide bonds. The van der Waals surface area contributed by atoms with Crippen LogP contribution >= 0.6 is 0 Å². The first kappa shape index (κ1) is 23.8. The summed E-state index contributed by atoms with van der Waals surface area (Å²) in [5, 5.41) is 8.13. The van der Waals surface area contributed by atoms with Crippen LogP contribution in [0.5, 0.6) is 0 Å². The van der Waals surface area contributed by atoms with Crippen molar-refractivity contribution in [2.75, 3.05) is 5.32 Å². The summed E-state index contributed by atoms with van der Waals surface area (Å²) in [6, 6.07) is 28.5. The van der Waals surface area contributed by atoms with Crippen LogP contribution < -0.4 is 5.32 Å². The largest absolute Gasteiger partial charge is 0.322 e. The summed E-state index contributed by atoms with van der Waals surface area (Å²) in [4.78, 5) is 16.1. The predicted octanol–water partition coefficient (Wildman–Crippen LogP) is 7.03. The minimum absolute atomic E-state index is 0.144. The normalized spacial score (nSPS) is 14.5. The number of nitrogens with one attached hydrogen (secondary N) is 1. The lowest BCUT2D eigenvalue weighted by atomic mass is 10.00. The van der Waals surface area contributed by atoms with Gasteiger partial charge in [0.2, 0.25) is 0 Å². The van der Waals surface area contributed by atoms with Crippen molar-refractivity contribution in [3.8, 4) is 11.5 Å². The summed E-state index contributed by atoms with van der Waals surface area (Å²) in [5.74, 6) is 0.966. The van der Waals surface area contributed by atoms with Crippen molar-refractivity contribution >= 4 is 11.7 Å². The zero-order valence-corrected chi connectivity index (χ0v) is 22.1. The molecule has 6 heteroatoms. The molecule has 3 aromatic carbocycles. The number of fused-ring (bicyclic) bond motifs is 3. The van der Waals surface area contributed by atoms with E-state index >= 15 is 0 Å². The first-order chi connectivity index (χ1) is 18.4. The molecule has 1 atom stereocenters. The Morgan fingerprint density at radius 1 is 0.842 bits per heavy atom. The van der Waals surface area contributed by atoms with Crippen molar-refractivity contribution < 1.29 is 4.79 Å². The standard InChI is InChI=1S/C32H31N5O/c1-21-10-8-11-25(17-21)30-29-14-9-15-35(29)31-28(24(4)34-37(31)27-12-6-5-7-13-27)20-36(30)32(38)33-26-18-22(2)16-23(3)19-26/h5-19,30H,20H2,1-4H3,(H,33,38). The Morgan fingerprint density at radius 3 is 2.34 bits per heavy atom. The third-order valence-corrected chi connectivity index (χ3v) is 7.18. The molecule has 2 aromatic heterocycles. The first-order valence-electron chi connectivity index (χ1n) is 12.9. The number of nitrogens with zero attached hydrogens (tertiary/aromatic N) is 4. The minimum Gasteiger partial charge on any atom is -0.308 e. The smallest absolute Gasteiger partial charge is 0.308 e. The molecule has 6 nitrogen and oxygen atoms in total. The average Bonchev–Trinajstić information content (AvgIpc) is 3.44. The Morgan fingerprint density at radius 2 is 1.61 bits per heavy atom. The van der Waals surface area contributed by atoms with Gasteiger partial charge in [0.15, 0.2) is 0 Å². The Kier molecular flexibility index (Phi) is 5.87. The summed E-state index contributed by atoms with van der Waals surface area (Å²) in [7, 11) is 0. The first-order valence-corrected chi connectivity index (χ1v) is 12.9. The molecule has 1 aliphatic rings. The van der Waals surface area contributed by atoms with E-state index in [0.29, 0.717) is 6.54 Å².